The second-order valence-electron chi connectivity index (χ2n) is 6.54. The number of benzene rings is 2. The van der Waals surface area contributed by atoms with Crippen LogP contribution in [0.25, 0.3) is 11.0 Å². The summed E-state index contributed by atoms with van der Waals surface area (Å²) in [5, 5.41) is 6.56. The van der Waals surface area contributed by atoms with E-state index in [0.29, 0.717) is 22.7 Å². The van der Waals surface area contributed by atoms with Gasteiger partial charge in [-0.2, -0.15) is 0 Å². The van der Waals surface area contributed by atoms with Gasteiger partial charge in [0.1, 0.15) is 11.3 Å². The molecule has 0 saturated carbocycles. The van der Waals surface area contributed by atoms with Gasteiger partial charge in [0.25, 0.3) is 0 Å². The number of urea groups is 1. The van der Waals surface area contributed by atoms with Crippen LogP contribution in [0.4, 0.5) is 16.2 Å². The van der Waals surface area contributed by atoms with Crippen molar-refractivity contribution < 1.29 is 17.6 Å². The first kappa shape index (κ1) is 19.8. The zero-order valence-corrected chi connectivity index (χ0v) is 16.8. The molecule has 3 rings (SSSR count). The molecule has 8 heteroatoms. The van der Waals surface area contributed by atoms with Gasteiger partial charge in [-0.15, -0.1) is 0 Å². The maximum Gasteiger partial charge on any atom is 0.319 e. The van der Waals surface area contributed by atoms with Crippen LogP contribution in [0.15, 0.2) is 52.9 Å². The Balaban J connectivity index is 1.65. The van der Waals surface area contributed by atoms with Crippen molar-refractivity contribution in [1.82, 2.24) is 5.32 Å². The smallest absolute Gasteiger partial charge is 0.319 e. The van der Waals surface area contributed by atoms with Gasteiger partial charge in [0.15, 0.2) is 0 Å². The lowest BCUT2D eigenvalue weighted by Crippen LogP contribution is -2.31. The molecule has 0 saturated heterocycles. The monoisotopic (exact) mass is 401 g/mol. The third-order valence-electron chi connectivity index (χ3n) is 4.35. The van der Waals surface area contributed by atoms with Gasteiger partial charge < -0.3 is 15.1 Å². The van der Waals surface area contributed by atoms with E-state index in [1.165, 1.54) is 0 Å². The number of anilines is 2. The summed E-state index contributed by atoms with van der Waals surface area (Å²) in [6.45, 7) is 5.18. The maximum atomic E-state index is 12.3. The van der Waals surface area contributed by atoms with Crippen LogP contribution < -0.4 is 15.4 Å². The van der Waals surface area contributed by atoms with Crippen molar-refractivity contribution in [3.8, 4) is 0 Å². The highest BCUT2D eigenvalue weighted by Gasteiger charge is 2.15. The molecule has 0 fully saturated rings. The normalized spacial score (nSPS) is 12.5. The summed E-state index contributed by atoms with van der Waals surface area (Å²) in [7, 11) is -3.35. The lowest BCUT2D eigenvalue weighted by atomic mass is 10.2. The Hall–Kier alpha value is -3.00. The molecule has 7 nitrogen and oxygen atoms in total. The highest BCUT2D eigenvalue weighted by molar-refractivity contribution is 7.92. The van der Waals surface area contributed by atoms with E-state index in [0.717, 1.165) is 11.0 Å². The van der Waals surface area contributed by atoms with E-state index in [1.807, 2.05) is 37.3 Å². The number of hydrogen-bond donors (Lipinski definition) is 3. The minimum Gasteiger partial charge on any atom is -0.459 e. The molecular formula is C20H23N3O4S. The fraction of sp³-hybridized carbons (Fsp3) is 0.250. The Kier molecular flexibility index (Phi) is 5.60. The summed E-state index contributed by atoms with van der Waals surface area (Å²) in [6.07, 6.45) is 0. The zero-order chi connectivity index (χ0) is 20.3. The molecule has 0 radical (unpaired) electrons. The van der Waals surface area contributed by atoms with Crippen molar-refractivity contribution in [2.24, 2.45) is 0 Å². The van der Waals surface area contributed by atoms with Crippen LogP contribution in [0.1, 0.15) is 31.2 Å². The van der Waals surface area contributed by atoms with E-state index in [2.05, 4.69) is 15.4 Å². The first-order valence-electron chi connectivity index (χ1n) is 8.94. The maximum absolute atomic E-state index is 12.3. The van der Waals surface area contributed by atoms with E-state index in [9.17, 15) is 13.2 Å². The number of sulfonamides is 1. The number of para-hydroxylation sites is 1. The summed E-state index contributed by atoms with van der Waals surface area (Å²) in [5.41, 5.74) is 2.53. The second-order valence-corrected chi connectivity index (χ2v) is 8.55. The van der Waals surface area contributed by atoms with Gasteiger partial charge in [-0.05, 0) is 56.7 Å². The Morgan fingerprint density at radius 1 is 1.14 bits per heavy atom. The quantitative estimate of drug-likeness (QED) is 0.570. The van der Waals surface area contributed by atoms with E-state index < -0.39 is 10.0 Å². The van der Waals surface area contributed by atoms with Gasteiger partial charge in [0, 0.05) is 11.1 Å². The number of aryl methyl sites for hydroxylation is 1. The molecule has 2 amide bonds. The molecule has 1 unspecified atom stereocenters. The van der Waals surface area contributed by atoms with Crippen molar-refractivity contribution in [2.75, 3.05) is 15.8 Å². The number of fused-ring (bicyclic) bond motifs is 1. The third-order valence-corrected chi connectivity index (χ3v) is 5.64. The first-order valence-corrected chi connectivity index (χ1v) is 10.6. The summed E-state index contributed by atoms with van der Waals surface area (Å²) in [6, 6.07) is 13.8. The molecule has 2 aromatic carbocycles. The highest BCUT2D eigenvalue weighted by atomic mass is 32.2. The SMILES string of the molecule is CCS(=O)(=O)Nc1ccc(NC(=O)NC(C)c2cc3ccccc3o2)cc1C. The molecule has 0 aliphatic rings. The van der Waals surface area contributed by atoms with Gasteiger partial charge >= 0.3 is 6.03 Å². The van der Waals surface area contributed by atoms with E-state index in [4.69, 9.17) is 4.42 Å². The third kappa shape index (κ3) is 4.64. The average Bonchev–Trinajstić information content (AvgIpc) is 3.08. The van der Waals surface area contributed by atoms with Crippen LogP contribution in [0.3, 0.4) is 0 Å². The number of carbonyl (C=O) groups is 1. The average molecular weight is 401 g/mol. The van der Waals surface area contributed by atoms with Crippen LogP contribution >= 0.6 is 0 Å². The number of hydrogen-bond acceptors (Lipinski definition) is 4. The standard InChI is InChI=1S/C20H23N3O4S/c1-4-28(25,26)23-17-10-9-16(11-13(17)2)22-20(24)21-14(3)19-12-15-7-5-6-8-18(15)27-19/h5-12,14,23H,4H2,1-3H3,(H2,21,22,24). The van der Waals surface area contributed by atoms with Gasteiger partial charge in [-0.25, -0.2) is 13.2 Å². The molecule has 1 atom stereocenters. The predicted molar refractivity (Wildman–Crippen MR) is 111 cm³/mol. The molecular weight excluding hydrogens is 378 g/mol. The topological polar surface area (TPSA) is 100 Å². The lowest BCUT2D eigenvalue weighted by molar-refractivity contribution is 0.248. The molecule has 28 heavy (non-hydrogen) atoms. The van der Waals surface area contributed by atoms with Crippen molar-refractivity contribution in [2.45, 2.75) is 26.8 Å². The zero-order valence-electron chi connectivity index (χ0n) is 15.9. The van der Waals surface area contributed by atoms with Crippen LogP contribution in [0.5, 0.6) is 0 Å². The summed E-state index contributed by atoms with van der Waals surface area (Å²) in [5.74, 6) is 0.658. The Morgan fingerprint density at radius 2 is 1.89 bits per heavy atom. The van der Waals surface area contributed by atoms with Crippen molar-refractivity contribution in [3.05, 3.63) is 59.9 Å². The molecule has 148 valence electrons. The van der Waals surface area contributed by atoms with Crippen LogP contribution in [-0.2, 0) is 10.0 Å². The second kappa shape index (κ2) is 7.93. The minimum atomic E-state index is -3.35. The summed E-state index contributed by atoms with van der Waals surface area (Å²) < 4.78 is 31.7. The fourth-order valence-corrected chi connectivity index (χ4v) is 3.45. The summed E-state index contributed by atoms with van der Waals surface area (Å²) in [4.78, 5) is 12.3. The van der Waals surface area contributed by atoms with Crippen LogP contribution in [0.2, 0.25) is 0 Å². The number of rotatable bonds is 6. The Labute approximate surface area is 164 Å². The number of nitrogens with one attached hydrogen (secondary N) is 3. The molecule has 1 heterocycles. The van der Waals surface area contributed by atoms with Gasteiger partial charge in [0.05, 0.1) is 17.5 Å². The van der Waals surface area contributed by atoms with Gasteiger partial charge in [-0.3, -0.25) is 4.72 Å². The largest absolute Gasteiger partial charge is 0.459 e. The molecule has 3 aromatic rings. The lowest BCUT2D eigenvalue weighted by Gasteiger charge is -2.14. The molecule has 0 spiro atoms. The molecule has 1 aromatic heterocycles. The van der Waals surface area contributed by atoms with Crippen molar-refractivity contribution in [1.29, 1.82) is 0 Å². The molecule has 0 aliphatic heterocycles. The number of amides is 2. The highest BCUT2D eigenvalue weighted by Crippen LogP contribution is 2.24. The van der Waals surface area contributed by atoms with Crippen LogP contribution in [-0.4, -0.2) is 20.2 Å². The van der Waals surface area contributed by atoms with E-state index in [-0.39, 0.29) is 17.8 Å². The Morgan fingerprint density at radius 3 is 2.57 bits per heavy atom. The Bertz CT molecular complexity index is 1070. The number of carbonyl (C=O) groups excluding carboxylic acids is 1. The van der Waals surface area contributed by atoms with Crippen LogP contribution in [0, 0.1) is 6.92 Å². The van der Waals surface area contributed by atoms with Gasteiger partial charge in [0.2, 0.25) is 10.0 Å². The molecule has 3 N–H and O–H groups in total. The predicted octanol–water partition coefficient (Wildman–Crippen LogP) is 4.39. The first-order chi connectivity index (χ1) is 13.3. The number of furan rings is 1. The summed E-state index contributed by atoms with van der Waals surface area (Å²) >= 11 is 0. The van der Waals surface area contributed by atoms with E-state index in [1.54, 1.807) is 32.0 Å². The molecule has 0 bridgehead atoms. The fourth-order valence-electron chi connectivity index (χ4n) is 2.75. The van der Waals surface area contributed by atoms with Crippen molar-refractivity contribution >= 4 is 38.4 Å². The minimum absolute atomic E-state index is 0.00543. The van der Waals surface area contributed by atoms with Crippen molar-refractivity contribution in [3.63, 3.8) is 0 Å². The molecule has 0 aliphatic carbocycles. The van der Waals surface area contributed by atoms with Gasteiger partial charge in [-0.1, -0.05) is 18.2 Å². The van der Waals surface area contributed by atoms with E-state index >= 15 is 0 Å².